The number of rotatable bonds is 5. The number of amides is 1. The lowest BCUT2D eigenvalue weighted by Gasteiger charge is -2.04. The normalized spacial score (nSPS) is 10.6. The van der Waals surface area contributed by atoms with Crippen LogP contribution in [0.25, 0.3) is 11.4 Å². The lowest BCUT2D eigenvalue weighted by atomic mass is 10.2. The van der Waals surface area contributed by atoms with E-state index < -0.39 is 0 Å². The Balaban J connectivity index is 1.58. The fourth-order valence-corrected chi connectivity index (χ4v) is 2.49. The van der Waals surface area contributed by atoms with E-state index >= 15 is 0 Å². The monoisotopic (exact) mass is 361 g/mol. The van der Waals surface area contributed by atoms with Crippen LogP contribution in [0.4, 0.5) is 5.69 Å². The van der Waals surface area contributed by atoms with Crippen LogP contribution in [0, 0.1) is 0 Å². The Labute approximate surface area is 148 Å². The average molecular weight is 362 g/mol. The zero-order chi connectivity index (χ0) is 16.9. The van der Waals surface area contributed by atoms with E-state index in [0.717, 1.165) is 5.56 Å². The summed E-state index contributed by atoms with van der Waals surface area (Å²) in [6.45, 7) is 0. The molecule has 0 unspecified atom stereocenters. The molecule has 0 atom stereocenters. The van der Waals surface area contributed by atoms with Crippen molar-refractivity contribution in [1.29, 1.82) is 0 Å². The van der Waals surface area contributed by atoms with Crippen LogP contribution < -0.4 is 5.32 Å². The van der Waals surface area contributed by atoms with Crippen molar-refractivity contribution in [3.05, 3.63) is 64.5 Å². The molecule has 0 aliphatic heterocycles. The first-order chi connectivity index (χ1) is 11.6. The summed E-state index contributed by atoms with van der Waals surface area (Å²) in [5, 5.41) is 7.84. The fourth-order valence-electron chi connectivity index (χ4n) is 2.11. The van der Waals surface area contributed by atoms with Gasteiger partial charge in [-0.2, -0.15) is 4.98 Å². The molecule has 1 aromatic heterocycles. The summed E-state index contributed by atoms with van der Waals surface area (Å²) in [5.41, 5.74) is 1.42. The maximum absolute atomic E-state index is 12.0. The maximum atomic E-state index is 12.0. The van der Waals surface area contributed by atoms with Gasteiger partial charge in [-0.05, 0) is 30.3 Å². The molecule has 0 saturated carbocycles. The summed E-state index contributed by atoms with van der Waals surface area (Å²) in [7, 11) is 0. The second-order valence-corrected chi connectivity index (χ2v) is 5.95. The van der Waals surface area contributed by atoms with Crippen molar-refractivity contribution in [2.75, 3.05) is 5.32 Å². The number of hydrogen-bond donors (Lipinski definition) is 1. The maximum Gasteiger partial charge on any atom is 0.227 e. The lowest BCUT2D eigenvalue weighted by Crippen LogP contribution is -2.12. The smallest absolute Gasteiger partial charge is 0.227 e. The van der Waals surface area contributed by atoms with E-state index in [0.29, 0.717) is 33.9 Å². The molecular weight excluding hydrogens is 349 g/mol. The van der Waals surface area contributed by atoms with Gasteiger partial charge in [0.15, 0.2) is 0 Å². The van der Waals surface area contributed by atoms with Crippen LogP contribution in [0.5, 0.6) is 0 Å². The van der Waals surface area contributed by atoms with Gasteiger partial charge in [-0.25, -0.2) is 0 Å². The molecule has 7 heteroatoms. The zero-order valence-electron chi connectivity index (χ0n) is 12.5. The Morgan fingerprint density at radius 1 is 1.08 bits per heavy atom. The summed E-state index contributed by atoms with van der Waals surface area (Å²) in [6.07, 6.45) is 0.573. The van der Waals surface area contributed by atoms with Crippen LogP contribution in [0.2, 0.25) is 10.0 Å². The van der Waals surface area contributed by atoms with Crippen LogP contribution in [0.3, 0.4) is 0 Å². The summed E-state index contributed by atoms with van der Waals surface area (Å²) in [5.74, 6) is 0.689. The lowest BCUT2D eigenvalue weighted by molar-refractivity contribution is -0.116. The molecule has 1 amide bonds. The highest BCUT2D eigenvalue weighted by atomic mass is 35.5. The van der Waals surface area contributed by atoms with Crippen molar-refractivity contribution in [2.24, 2.45) is 0 Å². The number of aryl methyl sites for hydroxylation is 1. The van der Waals surface area contributed by atoms with Gasteiger partial charge in [0.1, 0.15) is 0 Å². The topological polar surface area (TPSA) is 68.0 Å². The second-order valence-electron chi connectivity index (χ2n) is 5.08. The van der Waals surface area contributed by atoms with Gasteiger partial charge in [-0.1, -0.05) is 46.6 Å². The number of hydrogen-bond acceptors (Lipinski definition) is 4. The molecular formula is C17H13Cl2N3O2. The highest BCUT2D eigenvalue weighted by Crippen LogP contribution is 2.20. The number of carbonyl (C=O) groups is 1. The minimum Gasteiger partial charge on any atom is -0.339 e. The SMILES string of the molecule is O=C(CCc1nc(-c2cccc(Cl)c2)no1)Nc1cccc(Cl)c1. The molecule has 122 valence electrons. The molecule has 1 N–H and O–H groups in total. The summed E-state index contributed by atoms with van der Waals surface area (Å²) < 4.78 is 5.17. The van der Waals surface area contributed by atoms with Crippen molar-refractivity contribution in [2.45, 2.75) is 12.8 Å². The first-order valence-electron chi connectivity index (χ1n) is 7.24. The van der Waals surface area contributed by atoms with E-state index in [9.17, 15) is 4.79 Å². The number of benzene rings is 2. The van der Waals surface area contributed by atoms with Crippen molar-refractivity contribution < 1.29 is 9.32 Å². The molecule has 0 fully saturated rings. The van der Waals surface area contributed by atoms with Crippen LogP contribution >= 0.6 is 23.2 Å². The van der Waals surface area contributed by atoms with E-state index in [1.165, 1.54) is 0 Å². The first kappa shape index (κ1) is 16.5. The third kappa shape index (κ3) is 4.34. The van der Waals surface area contributed by atoms with E-state index in [4.69, 9.17) is 27.7 Å². The number of nitrogens with zero attached hydrogens (tertiary/aromatic N) is 2. The zero-order valence-corrected chi connectivity index (χ0v) is 14.0. The molecule has 0 bridgehead atoms. The third-order valence-corrected chi connectivity index (χ3v) is 3.70. The van der Waals surface area contributed by atoms with Crippen LogP contribution in [-0.4, -0.2) is 16.0 Å². The quantitative estimate of drug-likeness (QED) is 0.719. The molecule has 0 spiro atoms. The number of nitrogens with one attached hydrogen (secondary N) is 1. The fraction of sp³-hybridized carbons (Fsp3) is 0.118. The summed E-state index contributed by atoms with van der Waals surface area (Å²) in [6, 6.07) is 14.1. The number of anilines is 1. The van der Waals surface area contributed by atoms with Gasteiger partial charge in [0, 0.05) is 34.1 Å². The average Bonchev–Trinajstić information content (AvgIpc) is 3.02. The number of carbonyl (C=O) groups excluding carboxylic acids is 1. The van der Waals surface area contributed by atoms with Crippen LogP contribution in [0.1, 0.15) is 12.3 Å². The predicted octanol–water partition coefficient (Wildman–Crippen LogP) is 4.61. The second kappa shape index (κ2) is 7.47. The van der Waals surface area contributed by atoms with Crippen molar-refractivity contribution >= 4 is 34.8 Å². The summed E-state index contributed by atoms with van der Waals surface area (Å²) in [4.78, 5) is 16.2. The van der Waals surface area contributed by atoms with Gasteiger partial charge in [-0.15, -0.1) is 0 Å². The molecule has 1 heterocycles. The molecule has 0 aliphatic carbocycles. The largest absolute Gasteiger partial charge is 0.339 e. The predicted molar refractivity (Wildman–Crippen MR) is 93.1 cm³/mol. The Morgan fingerprint density at radius 2 is 1.83 bits per heavy atom. The van der Waals surface area contributed by atoms with Crippen LogP contribution in [-0.2, 0) is 11.2 Å². The molecule has 0 radical (unpaired) electrons. The van der Waals surface area contributed by atoms with Gasteiger partial charge in [0.05, 0.1) is 0 Å². The molecule has 5 nitrogen and oxygen atoms in total. The molecule has 0 aliphatic rings. The van der Waals surface area contributed by atoms with Crippen LogP contribution in [0.15, 0.2) is 53.1 Å². The van der Waals surface area contributed by atoms with Gasteiger partial charge in [-0.3, -0.25) is 4.79 Å². The molecule has 0 saturated heterocycles. The number of aromatic nitrogens is 2. The van der Waals surface area contributed by atoms with Crippen molar-refractivity contribution in [3.8, 4) is 11.4 Å². The van der Waals surface area contributed by atoms with Crippen molar-refractivity contribution in [1.82, 2.24) is 10.1 Å². The molecule has 2 aromatic carbocycles. The standard InChI is InChI=1S/C17H13Cl2N3O2/c18-12-4-1-3-11(9-12)17-21-16(24-22-17)8-7-15(23)20-14-6-2-5-13(19)10-14/h1-6,9-10H,7-8H2,(H,20,23). The van der Waals surface area contributed by atoms with E-state index in [-0.39, 0.29) is 12.3 Å². The van der Waals surface area contributed by atoms with Crippen molar-refractivity contribution in [3.63, 3.8) is 0 Å². The minimum absolute atomic E-state index is 0.153. The first-order valence-corrected chi connectivity index (χ1v) is 8.00. The third-order valence-electron chi connectivity index (χ3n) is 3.23. The van der Waals surface area contributed by atoms with Gasteiger partial charge >= 0.3 is 0 Å². The Morgan fingerprint density at radius 3 is 2.58 bits per heavy atom. The van der Waals surface area contributed by atoms with E-state index in [1.807, 2.05) is 12.1 Å². The highest BCUT2D eigenvalue weighted by Gasteiger charge is 2.11. The van der Waals surface area contributed by atoms with Gasteiger partial charge in [0.2, 0.25) is 17.6 Å². The molecule has 3 aromatic rings. The Kier molecular flexibility index (Phi) is 5.13. The molecule has 3 rings (SSSR count). The molecule has 24 heavy (non-hydrogen) atoms. The highest BCUT2D eigenvalue weighted by molar-refractivity contribution is 6.31. The Bertz CT molecular complexity index is 864. The summed E-state index contributed by atoms with van der Waals surface area (Å²) >= 11 is 11.8. The number of halogens is 2. The van der Waals surface area contributed by atoms with Gasteiger partial charge in [0.25, 0.3) is 0 Å². The van der Waals surface area contributed by atoms with E-state index in [2.05, 4.69) is 15.5 Å². The Hall–Kier alpha value is -2.37. The van der Waals surface area contributed by atoms with E-state index in [1.54, 1.807) is 36.4 Å². The van der Waals surface area contributed by atoms with Gasteiger partial charge < -0.3 is 9.84 Å². The minimum atomic E-state index is -0.153.